The zero-order chi connectivity index (χ0) is 14.1. The molecule has 0 amide bonds. The van der Waals surface area contributed by atoms with Crippen LogP contribution >= 0.6 is 15.9 Å². The van der Waals surface area contributed by atoms with E-state index < -0.39 is 0 Å². The highest BCUT2D eigenvalue weighted by Gasteiger charge is 2.30. The number of rotatable bonds is 9. The van der Waals surface area contributed by atoms with Crippen molar-refractivity contribution in [2.45, 2.75) is 77.4 Å². The molecule has 0 heterocycles. The molecule has 2 atom stereocenters. The van der Waals surface area contributed by atoms with Gasteiger partial charge in [0.2, 0.25) is 0 Å². The van der Waals surface area contributed by atoms with Crippen LogP contribution in [-0.4, -0.2) is 31.3 Å². The average Bonchev–Trinajstić information content (AvgIpc) is 2.45. The summed E-state index contributed by atoms with van der Waals surface area (Å²) in [5, 5.41) is 1.06. The molecule has 0 saturated heterocycles. The van der Waals surface area contributed by atoms with Gasteiger partial charge >= 0.3 is 0 Å². The van der Waals surface area contributed by atoms with Gasteiger partial charge in [0.25, 0.3) is 0 Å². The van der Waals surface area contributed by atoms with Crippen LogP contribution in [0.15, 0.2) is 0 Å². The second kappa shape index (κ2) is 9.36. The van der Waals surface area contributed by atoms with Gasteiger partial charge < -0.3 is 9.47 Å². The summed E-state index contributed by atoms with van der Waals surface area (Å²) in [4.78, 5) is 0. The van der Waals surface area contributed by atoms with E-state index in [1.807, 2.05) is 7.11 Å². The van der Waals surface area contributed by atoms with Crippen molar-refractivity contribution >= 4 is 15.9 Å². The number of methoxy groups -OCH3 is 1. The Bertz CT molecular complexity index is 227. The number of halogens is 1. The molecule has 0 N–H and O–H groups in total. The van der Waals surface area contributed by atoms with E-state index in [1.165, 1.54) is 44.9 Å². The maximum absolute atomic E-state index is 6.27. The normalized spacial score (nSPS) is 24.6. The minimum Gasteiger partial charge on any atom is -0.381 e. The van der Waals surface area contributed by atoms with Crippen molar-refractivity contribution < 1.29 is 9.47 Å². The molecule has 114 valence electrons. The number of hydrogen-bond acceptors (Lipinski definition) is 2. The Morgan fingerprint density at radius 3 is 2.26 bits per heavy atom. The smallest absolute Gasteiger partial charge is 0.0600 e. The fourth-order valence-corrected chi connectivity index (χ4v) is 3.99. The van der Waals surface area contributed by atoms with Gasteiger partial charge in [0.15, 0.2) is 0 Å². The van der Waals surface area contributed by atoms with Crippen LogP contribution in [0.1, 0.15) is 65.2 Å². The molecule has 0 aromatic rings. The summed E-state index contributed by atoms with van der Waals surface area (Å²) in [6.07, 6.45) is 10.5. The minimum absolute atomic E-state index is 0.337. The molecule has 0 aromatic carbocycles. The second-order valence-electron chi connectivity index (χ2n) is 6.09. The van der Waals surface area contributed by atoms with Crippen LogP contribution in [0.2, 0.25) is 0 Å². The van der Waals surface area contributed by atoms with Crippen LogP contribution in [0.3, 0.4) is 0 Å². The summed E-state index contributed by atoms with van der Waals surface area (Å²) in [5.41, 5.74) is 0.337. The van der Waals surface area contributed by atoms with Gasteiger partial charge in [0.05, 0.1) is 18.8 Å². The van der Waals surface area contributed by atoms with Crippen LogP contribution in [0.5, 0.6) is 0 Å². The lowest BCUT2D eigenvalue weighted by Crippen LogP contribution is -2.34. The van der Waals surface area contributed by atoms with Crippen LogP contribution in [0.4, 0.5) is 0 Å². The average molecular weight is 335 g/mol. The Labute approximate surface area is 127 Å². The van der Waals surface area contributed by atoms with Gasteiger partial charge in [0.1, 0.15) is 0 Å². The Morgan fingerprint density at radius 2 is 1.74 bits per heavy atom. The van der Waals surface area contributed by atoms with E-state index in [9.17, 15) is 0 Å². The number of ether oxygens (including phenoxy) is 2. The lowest BCUT2D eigenvalue weighted by atomic mass is 9.82. The van der Waals surface area contributed by atoms with Gasteiger partial charge in [-0.2, -0.15) is 0 Å². The highest BCUT2D eigenvalue weighted by atomic mass is 79.9. The highest BCUT2D eigenvalue weighted by molar-refractivity contribution is 9.09. The molecule has 1 aliphatic carbocycles. The van der Waals surface area contributed by atoms with Crippen molar-refractivity contribution in [3.63, 3.8) is 0 Å². The molecule has 1 saturated carbocycles. The highest BCUT2D eigenvalue weighted by Crippen LogP contribution is 2.34. The van der Waals surface area contributed by atoms with Gasteiger partial charge in [-0.1, -0.05) is 42.6 Å². The Balaban J connectivity index is 2.45. The predicted octanol–water partition coefficient (Wildman–Crippen LogP) is 4.94. The van der Waals surface area contributed by atoms with E-state index >= 15 is 0 Å². The Hall–Kier alpha value is 0.400. The first kappa shape index (κ1) is 17.5. The molecule has 0 radical (unpaired) electrons. The van der Waals surface area contributed by atoms with E-state index in [0.717, 1.165) is 18.4 Å². The molecule has 1 aliphatic rings. The summed E-state index contributed by atoms with van der Waals surface area (Å²) < 4.78 is 11.8. The molecule has 1 rings (SSSR count). The van der Waals surface area contributed by atoms with Gasteiger partial charge in [-0.15, -0.1) is 0 Å². The molecule has 2 nitrogen and oxygen atoms in total. The Kier molecular flexibility index (Phi) is 8.59. The van der Waals surface area contributed by atoms with Crippen LogP contribution < -0.4 is 0 Å². The molecular formula is C16H31BrO2. The second-order valence-corrected chi connectivity index (χ2v) is 6.65. The molecule has 1 fully saturated rings. The van der Waals surface area contributed by atoms with E-state index in [1.54, 1.807) is 0 Å². The lowest BCUT2D eigenvalue weighted by Gasteiger charge is -2.35. The SMILES string of the molecule is CCCC(CBr)(CCC)COC1CCCC(OC)C1. The van der Waals surface area contributed by atoms with Crippen molar-refractivity contribution in [1.29, 1.82) is 0 Å². The molecule has 2 unspecified atom stereocenters. The zero-order valence-corrected chi connectivity index (χ0v) is 14.5. The van der Waals surface area contributed by atoms with E-state index in [4.69, 9.17) is 9.47 Å². The van der Waals surface area contributed by atoms with E-state index in [-0.39, 0.29) is 0 Å². The molecule has 3 heteroatoms. The van der Waals surface area contributed by atoms with Crippen molar-refractivity contribution in [3.05, 3.63) is 0 Å². The lowest BCUT2D eigenvalue weighted by molar-refractivity contribution is -0.0580. The summed E-state index contributed by atoms with van der Waals surface area (Å²) >= 11 is 3.72. The zero-order valence-electron chi connectivity index (χ0n) is 12.9. The van der Waals surface area contributed by atoms with Gasteiger partial charge in [-0.3, -0.25) is 0 Å². The third-order valence-corrected chi connectivity index (χ3v) is 5.57. The van der Waals surface area contributed by atoms with Crippen molar-refractivity contribution in [2.75, 3.05) is 19.0 Å². The third kappa shape index (κ3) is 5.73. The topological polar surface area (TPSA) is 18.5 Å². The fraction of sp³-hybridized carbons (Fsp3) is 1.00. The summed E-state index contributed by atoms with van der Waals surface area (Å²) in [5.74, 6) is 0. The van der Waals surface area contributed by atoms with Crippen molar-refractivity contribution in [3.8, 4) is 0 Å². The molecule has 19 heavy (non-hydrogen) atoms. The number of hydrogen-bond donors (Lipinski definition) is 0. The maximum atomic E-state index is 6.27. The molecule has 0 bridgehead atoms. The monoisotopic (exact) mass is 334 g/mol. The number of alkyl halides is 1. The largest absolute Gasteiger partial charge is 0.381 e. The van der Waals surface area contributed by atoms with Crippen LogP contribution in [0, 0.1) is 5.41 Å². The molecular weight excluding hydrogens is 304 g/mol. The van der Waals surface area contributed by atoms with E-state index in [0.29, 0.717) is 17.6 Å². The van der Waals surface area contributed by atoms with Gasteiger partial charge in [-0.25, -0.2) is 0 Å². The summed E-state index contributed by atoms with van der Waals surface area (Å²) in [6, 6.07) is 0. The molecule has 0 spiro atoms. The van der Waals surface area contributed by atoms with Crippen LogP contribution in [-0.2, 0) is 9.47 Å². The first-order valence-corrected chi connectivity index (χ1v) is 9.02. The summed E-state index contributed by atoms with van der Waals surface area (Å²) in [6.45, 7) is 5.45. The van der Waals surface area contributed by atoms with E-state index in [2.05, 4.69) is 29.8 Å². The molecule has 0 aromatic heterocycles. The van der Waals surface area contributed by atoms with Gasteiger partial charge in [0, 0.05) is 17.9 Å². The predicted molar refractivity (Wildman–Crippen MR) is 85.0 cm³/mol. The fourth-order valence-electron chi connectivity index (χ4n) is 3.26. The first-order valence-electron chi connectivity index (χ1n) is 7.90. The minimum atomic E-state index is 0.337. The van der Waals surface area contributed by atoms with Crippen LogP contribution in [0.25, 0.3) is 0 Å². The summed E-state index contributed by atoms with van der Waals surface area (Å²) in [7, 11) is 1.82. The van der Waals surface area contributed by atoms with Gasteiger partial charge in [-0.05, 0) is 38.5 Å². The first-order chi connectivity index (χ1) is 9.19. The van der Waals surface area contributed by atoms with Crippen molar-refractivity contribution in [2.24, 2.45) is 5.41 Å². The van der Waals surface area contributed by atoms with Crippen molar-refractivity contribution in [1.82, 2.24) is 0 Å². The Morgan fingerprint density at radius 1 is 1.11 bits per heavy atom. The standard InChI is InChI=1S/C16H31BrO2/c1-4-9-16(12-17,10-5-2)13-19-15-8-6-7-14(11-15)18-3/h14-15H,4-13H2,1-3H3. The maximum Gasteiger partial charge on any atom is 0.0600 e. The third-order valence-electron chi connectivity index (χ3n) is 4.38. The quantitative estimate of drug-likeness (QED) is 0.556. The molecule has 0 aliphatic heterocycles.